The summed E-state index contributed by atoms with van der Waals surface area (Å²) in [5, 5.41) is 14.3. The normalized spacial score (nSPS) is 19.0. The maximum Gasteiger partial charge on any atom is 0.327 e. The number of hydrogen-bond acceptors (Lipinski definition) is 6. The van der Waals surface area contributed by atoms with Crippen molar-refractivity contribution in [1.82, 2.24) is 35.3 Å². The highest BCUT2D eigenvalue weighted by Gasteiger charge is 2.56. The molecule has 3 amide bonds. The predicted molar refractivity (Wildman–Crippen MR) is 101 cm³/mol. The number of piperidine rings is 1. The second-order valence-corrected chi connectivity index (χ2v) is 7.33. The Labute approximate surface area is 163 Å². The van der Waals surface area contributed by atoms with Gasteiger partial charge in [-0.25, -0.2) is 9.48 Å². The van der Waals surface area contributed by atoms with Crippen LogP contribution in [0.5, 0.6) is 0 Å². The van der Waals surface area contributed by atoms with Crippen LogP contribution in [0, 0.1) is 0 Å². The van der Waals surface area contributed by atoms with E-state index in [0.29, 0.717) is 38.9 Å². The van der Waals surface area contributed by atoms with Crippen LogP contribution in [0.4, 0.5) is 4.79 Å². The predicted octanol–water partition coefficient (Wildman–Crippen LogP) is 0.692. The number of aryl methyl sites for hydroxylation is 1. The van der Waals surface area contributed by atoms with Gasteiger partial charge in [0.2, 0.25) is 0 Å². The van der Waals surface area contributed by atoms with Crippen molar-refractivity contribution < 1.29 is 9.59 Å². The molecule has 9 heteroatoms. The molecule has 2 aliphatic rings. The van der Waals surface area contributed by atoms with Crippen molar-refractivity contribution in [2.24, 2.45) is 0 Å². The van der Waals surface area contributed by atoms with Gasteiger partial charge >= 0.3 is 6.03 Å². The zero-order valence-corrected chi connectivity index (χ0v) is 15.8. The number of nitrogens with zero attached hydrogens (tertiary/aromatic N) is 6. The molecule has 1 N–H and O–H groups in total. The Hall–Kier alpha value is -2.81. The Morgan fingerprint density at radius 3 is 2.54 bits per heavy atom. The minimum atomic E-state index is -0.702. The first-order valence-electron chi connectivity index (χ1n) is 9.80. The Kier molecular flexibility index (Phi) is 5.34. The van der Waals surface area contributed by atoms with Crippen LogP contribution in [-0.2, 0) is 17.8 Å². The van der Waals surface area contributed by atoms with Crippen LogP contribution < -0.4 is 5.32 Å². The largest absolute Gasteiger partial charge is 0.327 e. The third-order valence-corrected chi connectivity index (χ3v) is 5.68. The summed E-state index contributed by atoms with van der Waals surface area (Å²) in [5.41, 5.74) is 0.468. The number of carbonyl (C=O) groups excluding carboxylic acids is 2. The van der Waals surface area contributed by atoms with Crippen LogP contribution in [0.1, 0.15) is 24.8 Å². The summed E-state index contributed by atoms with van der Waals surface area (Å²) in [5.74, 6) is -0.0521. The number of urea groups is 1. The smallest absolute Gasteiger partial charge is 0.317 e. The molecule has 4 rings (SSSR count). The number of nitrogens with one attached hydrogen (secondary N) is 1. The van der Waals surface area contributed by atoms with Crippen molar-refractivity contribution in [2.75, 3.05) is 26.2 Å². The molecule has 0 aliphatic carbocycles. The van der Waals surface area contributed by atoms with Crippen LogP contribution in [0.2, 0.25) is 0 Å². The van der Waals surface area contributed by atoms with Crippen LogP contribution in [0.3, 0.4) is 0 Å². The van der Waals surface area contributed by atoms with Gasteiger partial charge in [-0.3, -0.25) is 9.69 Å². The number of hydrogen-bond donors (Lipinski definition) is 1. The van der Waals surface area contributed by atoms with Gasteiger partial charge in [0.25, 0.3) is 5.91 Å². The second kappa shape index (κ2) is 8.05. The summed E-state index contributed by atoms with van der Waals surface area (Å²) < 4.78 is 1.61. The lowest BCUT2D eigenvalue weighted by Crippen LogP contribution is -2.56. The van der Waals surface area contributed by atoms with Crippen molar-refractivity contribution in [2.45, 2.75) is 37.8 Å². The second-order valence-electron chi connectivity index (χ2n) is 7.33. The number of amides is 3. The van der Waals surface area contributed by atoms with E-state index in [9.17, 15) is 9.59 Å². The van der Waals surface area contributed by atoms with Crippen molar-refractivity contribution in [3.05, 3.63) is 42.2 Å². The Balaban J connectivity index is 1.47. The summed E-state index contributed by atoms with van der Waals surface area (Å²) in [6.45, 7) is 3.01. The molecular weight excluding hydrogens is 358 g/mol. The summed E-state index contributed by atoms with van der Waals surface area (Å²) in [6, 6.07) is 9.92. The van der Waals surface area contributed by atoms with Gasteiger partial charge < -0.3 is 10.2 Å². The number of carbonyl (C=O) groups is 2. The molecule has 28 heavy (non-hydrogen) atoms. The molecule has 2 fully saturated rings. The molecule has 2 aliphatic heterocycles. The Morgan fingerprint density at radius 1 is 1.04 bits per heavy atom. The van der Waals surface area contributed by atoms with Gasteiger partial charge in [-0.05, 0) is 54.8 Å². The van der Waals surface area contributed by atoms with Crippen LogP contribution in [0.15, 0.2) is 36.7 Å². The molecule has 2 aromatic rings. The van der Waals surface area contributed by atoms with Crippen molar-refractivity contribution in [3.8, 4) is 0 Å². The first kappa shape index (κ1) is 18.5. The fourth-order valence-corrected chi connectivity index (χ4v) is 4.17. The number of imide groups is 1. The molecular formula is C19H25N7O2. The first-order valence-corrected chi connectivity index (χ1v) is 9.80. The fourth-order valence-electron chi connectivity index (χ4n) is 4.17. The molecule has 2 saturated heterocycles. The van der Waals surface area contributed by atoms with Gasteiger partial charge in [-0.2, -0.15) is 0 Å². The molecule has 0 radical (unpaired) electrons. The highest BCUT2D eigenvalue weighted by atomic mass is 16.2. The molecule has 0 unspecified atom stereocenters. The average molecular weight is 383 g/mol. The highest BCUT2D eigenvalue weighted by Crippen LogP contribution is 2.35. The molecule has 0 saturated carbocycles. The molecule has 3 heterocycles. The van der Waals surface area contributed by atoms with Gasteiger partial charge in [0, 0.05) is 19.6 Å². The van der Waals surface area contributed by atoms with E-state index in [4.69, 9.17) is 0 Å². The molecule has 9 nitrogen and oxygen atoms in total. The van der Waals surface area contributed by atoms with Crippen LogP contribution in [0.25, 0.3) is 0 Å². The lowest BCUT2D eigenvalue weighted by molar-refractivity contribution is -0.134. The Morgan fingerprint density at radius 2 is 1.82 bits per heavy atom. The SMILES string of the molecule is O=C1N(CCCn2cnnn2)C(=O)C2(CCNCC2)N1CCc1ccccc1. The standard InChI is InChI=1S/C19H25N7O2/c27-17-19(8-10-20-11-9-19)26(14-7-16-5-2-1-3-6-16)18(28)25(17)13-4-12-24-15-21-22-23-24/h1-3,5-6,15,20H,4,7-14H2. The minimum absolute atomic E-state index is 0.0521. The fraction of sp³-hybridized carbons (Fsp3) is 0.526. The molecule has 1 spiro atoms. The summed E-state index contributed by atoms with van der Waals surface area (Å²) >= 11 is 0. The van der Waals surface area contributed by atoms with Crippen LogP contribution >= 0.6 is 0 Å². The van der Waals surface area contributed by atoms with E-state index in [1.165, 1.54) is 16.8 Å². The molecule has 148 valence electrons. The van der Waals surface area contributed by atoms with Crippen molar-refractivity contribution >= 4 is 11.9 Å². The van der Waals surface area contributed by atoms with Gasteiger partial charge in [0.05, 0.1) is 0 Å². The summed E-state index contributed by atoms with van der Waals surface area (Å²) in [4.78, 5) is 29.7. The van der Waals surface area contributed by atoms with Gasteiger partial charge in [0.1, 0.15) is 11.9 Å². The van der Waals surface area contributed by atoms with E-state index in [0.717, 1.165) is 19.5 Å². The van der Waals surface area contributed by atoms with Gasteiger partial charge in [0.15, 0.2) is 0 Å². The third kappa shape index (κ3) is 3.49. The Bertz CT molecular complexity index is 803. The molecule has 1 aromatic heterocycles. The minimum Gasteiger partial charge on any atom is -0.317 e. The number of rotatable bonds is 7. The van der Waals surface area contributed by atoms with Crippen LogP contribution in [-0.4, -0.2) is 73.7 Å². The molecule has 0 bridgehead atoms. The topological polar surface area (TPSA) is 96.2 Å². The average Bonchev–Trinajstić information content (AvgIpc) is 3.31. The van der Waals surface area contributed by atoms with Crippen molar-refractivity contribution in [3.63, 3.8) is 0 Å². The highest BCUT2D eigenvalue weighted by molar-refractivity contribution is 6.07. The van der Waals surface area contributed by atoms with E-state index >= 15 is 0 Å². The van der Waals surface area contributed by atoms with E-state index < -0.39 is 5.54 Å². The summed E-state index contributed by atoms with van der Waals surface area (Å²) in [6.07, 6.45) is 4.23. The van der Waals surface area contributed by atoms with E-state index in [2.05, 4.69) is 33.0 Å². The number of aromatic nitrogens is 4. The van der Waals surface area contributed by atoms with Gasteiger partial charge in [-0.1, -0.05) is 30.3 Å². The number of benzene rings is 1. The van der Waals surface area contributed by atoms with E-state index in [1.54, 1.807) is 4.68 Å². The van der Waals surface area contributed by atoms with Gasteiger partial charge in [-0.15, -0.1) is 5.10 Å². The van der Waals surface area contributed by atoms with E-state index in [1.807, 2.05) is 23.1 Å². The maximum atomic E-state index is 13.3. The zero-order chi connectivity index (χ0) is 19.4. The lowest BCUT2D eigenvalue weighted by Gasteiger charge is -2.38. The lowest BCUT2D eigenvalue weighted by atomic mass is 9.86. The van der Waals surface area contributed by atoms with Crippen molar-refractivity contribution in [1.29, 1.82) is 0 Å². The third-order valence-electron chi connectivity index (χ3n) is 5.68. The first-order chi connectivity index (χ1) is 13.7. The quantitative estimate of drug-likeness (QED) is 0.707. The molecule has 0 atom stereocenters. The zero-order valence-electron chi connectivity index (χ0n) is 15.8. The monoisotopic (exact) mass is 383 g/mol. The number of tetrazole rings is 1. The van der Waals surface area contributed by atoms with E-state index in [-0.39, 0.29) is 11.9 Å². The maximum absolute atomic E-state index is 13.3. The molecule has 1 aromatic carbocycles. The summed E-state index contributed by atoms with van der Waals surface area (Å²) in [7, 11) is 0.